The van der Waals surface area contributed by atoms with Crippen molar-refractivity contribution >= 4 is 52.4 Å². The summed E-state index contributed by atoms with van der Waals surface area (Å²) in [6, 6.07) is 5.33. The molecule has 136 valence electrons. The molecule has 7 nitrogen and oxygen atoms in total. The van der Waals surface area contributed by atoms with E-state index in [2.05, 4.69) is 27.6 Å². The van der Waals surface area contributed by atoms with Crippen LogP contribution in [0.25, 0.3) is 0 Å². The lowest BCUT2D eigenvalue weighted by Crippen LogP contribution is -2.29. The molecule has 0 saturated carbocycles. The summed E-state index contributed by atoms with van der Waals surface area (Å²) < 4.78 is 15.7. The summed E-state index contributed by atoms with van der Waals surface area (Å²) >= 11 is 2.12. The van der Waals surface area contributed by atoms with Crippen LogP contribution in [0, 0.1) is 9.49 Å². The zero-order valence-corrected chi connectivity index (χ0v) is 16.4. The fourth-order valence-electron chi connectivity index (χ4n) is 1.81. The number of rotatable bonds is 8. The van der Waals surface area contributed by atoms with Crippen LogP contribution >= 0.6 is 22.6 Å². The van der Waals surface area contributed by atoms with E-state index in [0.717, 1.165) is 3.57 Å². The monoisotopic (exact) mass is 461 g/mol. The van der Waals surface area contributed by atoms with E-state index in [1.54, 1.807) is 26.0 Å². The summed E-state index contributed by atoms with van der Waals surface area (Å²) in [4.78, 5) is 39.1. The molecule has 0 aliphatic carbocycles. The molecule has 1 aromatic rings. The van der Waals surface area contributed by atoms with Crippen LogP contribution in [-0.2, 0) is 35.2 Å². The highest BCUT2D eigenvalue weighted by atomic mass is 127. The third-order valence-corrected chi connectivity index (χ3v) is 3.59. The minimum absolute atomic E-state index is 0.0440. The predicted octanol–water partition coefficient (Wildman–Crippen LogP) is 2.80. The second-order valence-corrected chi connectivity index (χ2v) is 6.06. The Morgan fingerprint density at radius 1 is 1.12 bits per heavy atom. The molecule has 0 bridgehead atoms. The van der Waals surface area contributed by atoms with Gasteiger partial charge in [-0.1, -0.05) is 0 Å². The number of halogens is 1. The normalized spacial score (nSPS) is 10.8. The quantitative estimate of drug-likeness (QED) is 0.195. The van der Waals surface area contributed by atoms with Gasteiger partial charge in [-0.3, -0.25) is 19.4 Å². The van der Waals surface area contributed by atoms with Gasteiger partial charge in [-0.25, -0.2) is 0 Å². The molecule has 0 aliphatic heterocycles. The van der Waals surface area contributed by atoms with Crippen molar-refractivity contribution in [3.63, 3.8) is 0 Å². The van der Waals surface area contributed by atoms with Crippen LogP contribution in [0.2, 0.25) is 0 Å². The zero-order chi connectivity index (χ0) is 18.8. The number of ether oxygens (including phenoxy) is 3. The van der Waals surface area contributed by atoms with Gasteiger partial charge in [-0.2, -0.15) is 0 Å². The smallest absolute Gasteiger partial charge is 0.325 e. The van der Waals surface area contributed by atoms with Crippen molar-refractivity contribution in [1.82, 2.24) is 0 Å². The van der Waals surface area contributed by atoms with Gasteiger partial charge in [0.25, 0.3) is 0 Å². The number of carbonyl (C=O) groups excluding carboxylic acids is 3. The van der Waals surface area contributed by atoms with Crippen LogP contribution in [0.15, 0.2) is 23.2 Å². The summed E-state index contributed by atoms with van der Waals surface area (Å²) in [6.07, 6.45) is 1.19. The van der Waals surface area contributed by atoms with Gasteiger partial charge in [-0.15, -0.1) is 0 Å². The van der Waals surface area contributed by atoms with Crippen molar-refractivity contribution in [3.8, 4) is 0 Å². The molecule has 1 rings (SSSR count). The molecule has 0 heterocycles. The van der Waals surface area contributed by atoms with Crippen LogP contribution in [0.5, 0.6) is 0 Å². The van der Waals surface area contributed by atoms with Gasteiger partial charge < -0.3 is 14.2 Å². The van der Waals surface area contributed by atoms with E-state index in [9.17, 15) is 14.4 Å². The molecular weight excluding hydrogens is 441 g/mol. The molecule has 25 heavy (non-hydrogen) atoms. The highest BCUT2D eigenvalue weighted by molar-refractivity contribution is 14.1. The molecule has 0 radical (unpaired) electrons. The van der Waals surface area contributed by atoms with Crippen molar-refractivity contribution < 1.29 is 28.6 Å². The molecule has 0 N–H and O–H groups in total. The topological polar surface area (TPSA) is 91.3 Å². The standard InChI is InChI=1S/C17H20INO6/c1-4-23-16(21)14(17(22)24-5-2)9-19-15-7-6-13(18)8-12(15)10-25-11(3)20/h6-9,14H,4-5,10H2,1-3H3. The molecule has 0 fully saturated rings. The summed E-state index contributed by atoms with van der Waals surface area (Å²) in [5.74, 6) is -3.11. The average molecular weight is 461 g/mol. The van der Waals surface area contributed by atoms with E-state index >= 15 is 0 Å². The molecule has 1 aromatic carbocycles. The highest BCUT2D eigenvalue weighted by Crippen LogP contribution is 2.23. The number of nitrogens with zero attached hydrogens (tertiary/aromatic N) is 1. The van der Waals surface area contributed by atoms with Gasteiger partial charge in [0.15, 0.2) is 5.92 Å². The van der Waals surface area contributed by atoms with E-state index in [1.807, 2.05) is 6.07 Å². The van der Waals surface area contributed by atoms with Gasteiger partial charge in [0.1, 0.15) is 6.61 Å². The van der Waals surface area contributed by atoms with Crippen LogP contribution in [0.1, 0.15) is 26.3 Å². The minimum Gasteiger partial charge on any atom is -0.465 e. The number of hydrogen-bond donors (Lipinski definition) is 0. The Balaban J connectivity index is 3.07. The van der Waals surface area contributed by atoms with Crippen LogP contribution in [0.3, 0.4) is 0 Å². The van der Waals surface area contributed by atoms with Crippen LogP contribution < -0.4 is 0 Å². The first-order chi connectivity index (χ1) is 11.9. The second kappa shape index (κ2) is 10.8. The summed E-state index contributed by atoms with van der Waals surface area (Å²) in [7, 11) is 0. The molecule has 0 spiro atoms. The van der Waals surface area contributed by atoms with Crippen molar-refractivity contribution in [2.24, 2.45) is 10.9 Å². The van der Waals surface area contributed by atoms with Gasteiger partial charge in [0.05, 0.1) is 18.9 Å². The van der Waals surface area contributed by atoms with Crippen LogP contribution in [0.4, 0.5) is 5.69 Å². The Kier molecular flexibility index (Phi) is 9.11. The number of aliphatic imine (C=N–C) groups is 1. The van der Waals surface area contributed by atoms with Crippen molar-refractivity contribution in [2.75, 3.05) is 13.2 Å². The Hall–Kier alpha value is -1.97. The van der Waals surface area contributed by atoms with Gasteiger partial charge >= 0.3 is 17.9 Å². The third kappa shape index (κ3) is 7.20. The molecule has 0 amide bonds. The second-order valence-electron chi connectivity index (χ2n) is 4.81. The largest absolute Gasteiger partial charge is 0.465 e. The van der Waals surface area contributed by atoms with E-state index in [4.69, 9.17) is 14.2 Å². The molecule has 0 aromatic heterocycles. The minimum atomic E-state index is -1.25. The lowest BCUT2D eigenvalue weighted by Gasteiger charge is -2.11. The van der Waals surface area contributed by atoms with E-state index in [-0.39, 0.29) is 19.8 Å². The SMILES string of the molecule is CCOC(=O)C(C=Nc1ccc(I)cc1COC(C)=O)C(=O)OCC. The van der Waals surface area contributed by atoms with Crippen LogP contribution in [-0.4, -0.2) is 37.3 Å². The average Bonchev–Trinajstić information content (AvgIpc) is 2.55. The maximum Gasteiger partial charge on any atom is 0.325 e. The van der Waals surface area contributed by atoms with Gasteiger partial charge in [0.2, 0.25) is 0 Å². The summed E-state index contributed by atoms with van der Waals surface area (Å²) in [5, 5.41) is 0. The molecule has 0 unspecified atom stereocenters. The third-order valence-electron chi connectivity index (χ3n) is 2.92. The van der Waals surface area contributed by atoms with Gasteiger partial charge in [0, 0.05) is 22.3 Å². The molecule has 8 heteroatoms. The molecule has 0 saturated heterocycles. The van der Waals surface area contributed by atoms with E-state index in [1.165, 1.54) is 13.1 Å². The van der Waals surface area contributed by atoms with E-state index in [0.29, 0.717) is 11.3 Å². The first-order valence-corrected chi connectivity index (χ1v) is 8.76. The Bertz CT molecular complexity index is 641. The zero-order valence-electron chi connectivity index (χ0n) is 14.3. The lowest BCUT2D eigenvalue weighted by molar-refractivity contribution is -0.157. The fourth-order valence-corrected chi connectivity index (χ4v) is 2.37. The Labute approximate surface area is 159 Å². The maximum absolute atomic E-state index is 11.9. The molecular formula is C17H20INO6. The van der Waals surface area contributed by atoms with E-state index < -0.39 is 23.8 Å². The number of carbonyl (C=O) groups is 3. The first kappa shape index (κ1) is 21.1. The highest BCUT2D eigenvalue weighted by Gasteiger charge is 2.27. The summed E-state index contributed by atoms with van der Waals surface area (Å²) in [5.41, 5.74) is 1.14. The first-order valence-electron chi connectivity index (χ1n) is 7.68. The number of hydrogen-bond acceptors (Lipinski definition) is 7. The predicted molar refractivity (Wildman–Crippen MR) is 99.5 cm³/mol. The van der Waals surface area contributed by atoms with Crippen molar-refractivity contribution in [3.05, 3.63) is 27.3 Å². The summed E-state index contributed by atoms with van der Waals surface area (Å²) in [6.45, 7) is 4.94. The molecule has 0 atom stereocenters. The fraction of sp³-hybridized carbons (Fsp3) is 0.412. The number of benzene rings is 1. The molecule has 0 aliphatic rings. The maximum atomic E-state index is 11.9. The van der Waals surface area contributed by atoms with Crippen molar-refractivity contribution in [1.29, 1.82) is 0 Å². The number of esters is 3. The van der Waals surface area contributed by atoms with Crippen molar-refractivity contribution in [2.45, 2.75) is 27.4 Å². The lowest BCUT2D eigenvalue weighted by atomic mass is 10.1. The Morgan fingerprint density at radius 3 is 2.24 bits per heavy atom. The van der Waals surface area contributed by atoms with Gasteiger partial charge in [-0.05, 0) is 54.6 Å². The Morgan fingerprint density at radius 2 is 1.72 bits per heavy atom.